The van der Waals surface area contributed by atoms with Crippen LogP contribution in [0.2, 0.25) is 0 Å². The molecule has 1 aromatic carbocycles. The van der Waals surface area contributed by atoms with Crippen molar-refractivity contribution in [3.05, 3.63) is 29.8 Å². The summed E-state index contributed by atoms with van der Waals surface area (Å²) in [5.74, 6) is -9.47. The van der Waals surface area contributed by atoms with Crippen LogP contribution in [0.15, 0.2) is 24.3 Å². The Labute approximate surface area is 477 Å². The van der Waals surface area contributed by atoms with Gasteiger partial charge in [-0.2, -0.15) is 0 Å². The molecule has 0 heterocycles. The normalized spacial score (nSPS) is 13.8. The number of nitrogens with one attached hydrogen (secondary N) is 16. The molecule has 460 valence electrons. The van der Waals surface area contributed by atoms with Crippen molar-refractivity contribution in [3.63, 3.8) is 0 Å². The fourth-order valence-corrected chi connectivity index (χ4v) is 8.03. The van der Waals surface area contributed by atoms with Crippen LogP contribution in [0.5, 0.6) is 5.75 Å². The van der Waals surface area contributed by atoms with Crippen LogP contribution in [0.4, 0.5) is 0 Å². The number of carbonyl (C=O) groups is 9. The molecular weight excluding hydrogens is 1070 g/mol. The summed E-state index contributed by atoms with van der Waals surface area (Å²) in [4.78, 5) is 123. The molecule has 32 heteroatoms. The van der Waals surface area contributed by atoms with Gasteiger partial charge >= 0.3 is 0 Å². The number of primary amides is 1. The maximum Gasteiger partial charge on any atom is 0.243 e. The minimum atomic E-state index is -1.47. The molecule has 28 N–H and O–H groups in total. The zero-order valence-corrected chi connectivity index (χ0v) is 47.4. The van der Waals surface area contributed by atoms with Gasteiger partial charge in [0.1, 0.15) is 54.1 Å². The molecule has 0 fully saturated rings. The molecule has 0 aliphatic rings. The third kappa shape index (κ3) is 30.6. The van der Waals surface area contributed by atoms with Crippen LogP contribution in [0.1, 0.15) is 104 Å². The van der Waals surface area contributed by atoms with Crippen LogP contribution in [-0.2, 0) is 49.6 Å². The molecule has 0 unspecified atom stereocenters. The Kier molecular flexibility index (Phi) is 33.1. The zero-order chi connectivity index (χ0) is 62.1. The molecule has 0 saturated heterocycles. The fourth-order valence-electron chi connectivity index (χ4n) is 8.03. The molecule has 32 nitrogen and oxygen atoms in total. The van der Waals surface area contributed by atoms with Crippen molar-refractivity contribution < 1.29 is 53.4 Å². The summed E-state index contributed by atoms with van der Waals surface area (Å²) in [7, 11) is 0. The first-order valence-electron chi connectivity index (χ1n) is 26.9. The van der Waals surface area contributed by atoms with Crippen molar-refractivity contribution in [2.45, 2.75) is 154 Å². The average Bonchev–Trinajstić information content (AvgIpc) is 3.45. The molecule has 1 rings (SSSR count). The number of aromatic hydroxyl groups is 1. The van der Waals surface area contributed by atoms with Gasteiger partial charge < -0.3 is 103 Å². The number of phenolic OH excluding ortho intramolecular Hbond substituents is 1. The number of hydrogen-bond acceptors (Lipinski definition) is 15. The van der Waals surface area contributed by atoms with Crippen LogP contribution in [0.3, 0.4) is 0 Å². The number of rotatable bonds is 39. The first kappa shape index (κ1) is 71.3. The van der Waals surface area contributed by atoms with E-state index < -0.39 is 108 Å². The van der Waals surface area contributed by atoms with E-state index in [9.17, 15) is 53.4 Å². The molecule has 8 atom stereocenters. The van der Waals surface area contributed by atoms with Gasteiger partial charge in [0.05, 0.1) is 6.61 Å². The van der Waals surface area contributed by atoms with Gasteiger partial charge in [-0.05, 0) is 93.7 Å². The number of guanidine groups is 4. The molecule has 0 radical (unpaired) electrons. The summed E-state index contributed by atoms with van der Waals surface area (Å²) in [6.07, 6.45) is 0.0399. The van der Waals surface area contributed by atoms with Gasteiger partial charge in [-0.15, -0.1) is 0 Å². The van der Waals surface area contributed by atoms with Crippen LogP contribution in [0.25, 0.3) is 0 Å². The van der Waals surface area contributed by atoms with Gasteiger partial charge in [-0.25, -0.2) is 0 Å². The number of hydrogen-bond donors (Lipinski definition) is 23. The lowest BCUT2D eigenvalue weighted by molar-refractivity contribution is -0.136. The van der Waals surface area contributed by atoms with Crippen molar-refractivity contribution in [1.29, 1.82) is 21.6 Å². The van der Waals surface area contributed by atoms with Gasteiger partial charge in [-0.1, -0.05) is 39.8 Å². The zero-order valence-electron chi connectivity index (χ0n) is 47.4. The van der Waals surface area contributed by atoms with Gasteiger partial charge in [-0.3, -0.25) is 64.8 Å². The largest absolute Gasteiger partial charge is 0.508 e. The molecule has 0 aliphatic heterocycles. The summed E-state index contributed by atoms with van der Waals surface area (Å²) >= 11 is 0. The number of aliphatic hydroxyl groups excluding tert-OH is 1. The minimum absolute atomic E-state index is 0.0348. The van der Waals surface area contributed by atoms with E-state index in [0.29, 0.717) is 5.56 Å². The van der Waals surface area contributed by atoms with Crippen molar-refractivity contribution in [3.8, 4) is 5.75 Å². The summed E-state index contributed by atoms with van der Waals surface area (Å²) < 4.78 is 0. The molecule has 0 bridgehead atoms. The van der Waals surface area contributed by atoms with E-state index in [1.165, 1.54) is 19.1 Å². The van der Waals surface area contributed by atoms with Crippen LogP contribution >= 0.6 is 0 Å². The standard InChI is InChI=1S/C50H89N21O11/c1-26(2)22-35(44(80)70-36(23-27(3)4)45(81)71-38(25-72)39(51)75)69-43(79)34(13-9-21-63-50(58)59)67-41(77)32(11-7-19-61-48(54)55)65-40(76)31(10-6-18-60-47(52)53)66-42(78)33(12-8-20-62-49(56)57)68-46(82)37(64-28(5)73)24-29-14-16-30(74)17-15-29/h14-17,26-27,31-38,72,74H,6-13,18-25H2,1-5H3,(H2,51,75)(H,64,73)(H,65,76)(H,66,78)(H,67,77)(H,68,82)(H,69,79)(H,70,80)(H,71,81)(H4,52,53,60)(H4,54,55,61)(H4,56,57,62)(H4,58,59,63)/t31-,32-,33-,34-,35-,36-,37-,38-/m0/s1. The topological polar surface area (TPSA) is 564 Å². The lowest BCUT2D eigenvalue weighted by Gasteiger charge is -2.29. The van der Waals surface area contributed by atoms with Crippen LogP contribution < -0.4 is 92.5 Å². The van der Waals surface area contributed by atoms with Crippen LogP contribution in [0, 0.1) is 33.5 Å². The van der Waals surface area contributed by atoms with E-state index in [-0.39, 0.29) is 138 Å². The van der Waals surface area contributed by atoms with Gasteiger partial charge in [0.2, 0.25) is 53.2 Å². The van der Waals surface area contributed by atoms with E-state index in [0.717, 1.165) is 0 Å². The summed E-state index contributed by atoms with van der Waals surface area (Å²) in [6, 6.07) is -5.07. The van der Waals surface area contributed by atoms with Crippen molar-refractivity contribution in [2.24, 2.45) is 40.5 Å². The highest BCUT2D eigenvalue weighted by Gasteiger charge is 2.35. The Bertz CT molecular complexity index is 2320. The third-order valence-corrected chi connectivity index (χ3v) is 12.1. The molecule has 9 amide bonds. The first-order valence-corrected chi connectivity index (χ1v) is 26.9. The monoisotopic (exact) mass is 1160 g/mol. The molecule has 0 saturated carbocycles. The lowest BCUT2D eigenvalue weighted by Crippen LogP contribution is -2.60. The molecule has 0 aromatic heterocycles. The summed E-state index contributed by atoms with van der Waals surface area (Å²) in [5, 5.41) is 81.0. The molecular formula is C50H89N21O11. The quantitative estimate of drug-likeness (QED) is 0.0166. The second-order valence-corrected chi connectivity index (χ2v) is 20.3. The highest BCUT2D eigenvalue weighted by Crippen LogP contribution is 2.14. The number of nitrogens with two attached hydrogens (primary N) is 5. The Morgan fingerprint density at radius 3 is 0.951 bits per heavy atom. The fraction of sp³-hybridized carbons (Fsp3) is 0.620. The molecule has 1 aromatic rings. The number of amides is 9. The Morgan fingerprint density at radius 1 is 0.427 bits per heavy atom. The van der Waals surface area contributed by atoms with E-state index >= 15 is 0 Å². The number of benzene rings is 1. The second-order valence-electron chi connectivity index (χ2n) is 20.3. The van der Waals surface area contributed by atoms with Crippen LogP contribution in [-0.4, -0.2) is 168 Å². The number of aliphatic hydroxyl groups is 1. The average molecular weight is 1160 g/mol. The third-order valence-electron chi connectivity index (χ3n) is 12.1. The van der Waals surface area contributed by atoms with Gasteiger partial charge in [0, 0.05) is 39.5 Å². The minimum Gasteiger partial charge on any atom is -0.508 e. The Morgan fingerprint density at radius 2 is 0.695 bits per heavy atom. The predicted octanol–water partition coefficient (Wildman–Crippen LogP) is -5.54. The highest BCUT2D eigenvalue weighted by molar-refractivity contribution is 5.98. The lowest BCUT2D eigenvalue weighted by atomic mass is 9.99. The maximum atomic E-state index is 14.5. The maximum absolute atomic E-state index is 14.5. The van der Waals surface area contributed by atoms with E-state index in [1.807, 2.05) is 0 Å². The number of phenols is 1. The first-order chi connectivity index (χ1) is 38.5. The SMILES string of the molecule is CC(=O)N[C@@H](Cc1ccc(O)cc1)C(=O)N[C@@H](CCCNC(=N)N)C(=O)N[C@@H](CCCNC(=N)N)C(=O)N[C@@H](CCCNC(=N)N)C(=O)N[C@@H](CCCNC(=N)N)C(=O)N[C@@H](CC(C)C)C(=O)N[C@@H](CC(C)C)C(=O)N[C@@H](CO)C(N)=O. The van der Waals surface area contributed by atoms with E-state index in [1.54, 1.807) is 39.8 Å². The highest BCUT2D eigenvalue weighted by atomic mass is 16.3. The molecule has 82 heavy (non-hydrogen) atoms. The Hall–Kier alpha value is -8.71. The van der Waals surface area contributed by atoms with Crippen molar-refractivity contribution in [1.82, 2.24) is 63.8 Å². The van der Waals surface area contributed by atoms with Crippen molar-refractivity contribution >= 4 is 77.0 Å². The predicted molar refractivity (Wildman–Crippen MR) is 305 cm³/mol. The summed E-state index contributed by atoms with van der Waals surface area (Å²) in [5.41, 5.74) is 27.8. The van der Waals surface area contributed by atoms with Crippen molar-refractivity contribution in [2.75, 3.05) is 32.8 Å². The Balaban J connectivity index is 3.77. The van der Waals surface area contributed by atoms with Gasteiger partial charge in [0.15, 0.2) is 23.8 Å². The second kappa shape index (κ2) is 38.0. The number of carbonyl (C=O) groups excluding carboxylic acids is 9. The molecule has 0 aliphatic carbocycles. The van der Waals surface area contributed by atoms with E-state index in [2.05, 4.69) is 63.8 Å². The molecule has 0 spiro atoms. The van der Waals surface area contributed by atoms with E-state index in [4.69, 9.17) is 50.3 Å². The smallest absolute Gasteiger partial charge is 0.243 e. The summed E-state index contributed by atoms with van der Waals surface area (Å²) in [6.45, 7) is 7.75. The van der Waals surface area contributed by atoms with Gasteiger partial charge in [0.25, 0.3) is 0 Å².